The Kier molecular flexibility index (Phi) is 2.65. The van der Waals surface area contributed by atoms with E-state index >= 15 is 0 Å². The molecule has 1 aromatic heterocycles. The van der Waals surface area contributed by atoms with Gasteiger partial charge in [0.25, 0.3) is 0 Å². The number of hydrogen-bond acceptors (Lipinski definition) is 4. The van der Waals surface area contributed by atoms with Gasteiger partial charge in [0.15, 0.2) is 0 Å². The first-order chi connectivity index (χ1) is 7.86. The van der Waals surface area contributed by atoms with Crippen LogP contribution in [0.15, 0.2) is 0 Å². The number of nitrogens with zero attached hydrogens (tertiary/aromatic N) is 3. The fourth-order valence-corrected chi connectivity index (χ4v) is 2.83. The summed E-state index contributed by atoms with van der Waals surface area (Å²) >= 11 is 0. The second-order valence-corrected chi connectivity index (χ2v) is 4.83. The molecule has 5 heteroatoms. The minimum absolute atomic E-state index is 0.101. The minimum Gasteiger partial charge on any atom is -0.317 e. The van der Waals surface area contributed by atoms with Gasteiger partial charge in [0.1, 0.15) is 11.6 Å². The van der Waals surface area contributed by atoms with Crippen LogP contribution in [0.25, 0.3) is 0 Å². The van der Waals surface area contributed by atoms with E-state index < -0.39 is 0 Å². The SMILES string of the molecule is NC1CCCc2nnc(C3CCNCC3)n21. The van der Waals surface area contributed by atoms with E-state index in [1.54, 1.807) is 0 Å². The molecule has 0 aliphatic carbocycles. The van der Waals surface area contributed by atoms with Gasteiger partial charge >= 0.3 is 0 Å². The van der Waals surface area contributed by atoms with Crippen molar-refractivity contribution in [3.63, 3.8) is 0 Å². The molecule has 3 N–H and O–H groups in total. The normalized spacial score (nSPS) is 26.7. The van der Waals surface area contributed by atoms with Crippen molar-refractivity contribution in [3.05, 3.63) is 11.6 Å². The lowest BCUT2D eigenvalue weighted by Crippen LogP contribution is -2.31. The molecule has 1 atom stereocenters. The van der Waals surface area contributed by atoms with Crippen LogP contribution >= 0.6 is 0 Å². The number of rotatable bonds is 1. The summed E-state index contributed by atoms with van der Waals surface area (Å²) in [5.74, 6) is 2.77. The smallest absolute Gasteiger partial charge is 0.137 e. The maximum Gasteiger partial charge on any atom is 0.137 e. The Bertz CT molecular complexity index is 366. The van der Waals surface area contributed by atoms with Gasteiger partial charge in [-0.2, -0.15) is 0 Å². The Balaban J connectivity index is 1.91. The van der Waals surface area contributed by atoms with Crippen molar-refractivity contribution in [1.29, 1.82) is 0 Å². The van der Waals surface area contributed by atoms with E-state index in [1.165, 1.54) is 0 Å². The van der Waals surface area contributed by atoms with Gasteiger partial charge in [-0.25, -0.2) is 0 Å². The molecule has 2 aliphatic heterocycles. The van der Waals surface area contributed by atoms with Gasteiger partial charge in [0.2, 0.25) is 0 Å². The maximum absolute atomic E-state index is 6.17. The predicted octanol–water partition coefficient (Wildman–Crippen LogP) is 0.539. The highest BCUT2D eigenvalue weighted by molar-refractivity contribution is 5.07. The van der Waals surface area contributed by atoms with Gasteiger partial charge in [-0.1, -0.05) is 0 Å². The summed E-state index contributed by atoms with van der Waals surface area (Å²) in [5.41, 5.74) is 6.17. The van der Waals surface area contributed by atoms with Crippen LogP contribution < -0.4 is 11.1 Å². The highest BCUT2D eigenvalue weighted by atomic mass is 15.3. The molecule has 3 rings (SSSR count). The summed E-state index contributed by atoms with van der Waals surface area (Å²) in [7, 11) is 0. The van der Waals surface area contributed by atoms with Crippen molar-refractivity contribution >= 4 is 0 Å². The lowest BCUT2D eigenvalue weighted by Gasteiger charge is -2.27. The monoisotopic (exact) mass is 221 g/mol. The van der Waals surface area contributed by atoms with E-state index in [-0.39, 0.29) is 6.17 Å². The van der Waals surface area contributed by atoms with Crippen molar-refractivity contribution in [2.75, 3.05) is 13.1 Å². The molecule has 0 spiro atoms. The second-order valence-electron chi connectivity index (χ2n) is 4.83. The van der Waals surface area contributed by atoms with E-state index in [0.717, 1.165) is 56.8 Å². The second kappa shape index (κ2) is 4.14. The summed E-state index contributed by atoms with van der Waals surface area (Å²) < 4.78 is 2.19. The van der Waals surface area contributed by atoms with Gasteiger partial charge in [0.05, 0.1) is 6.17 Å². The largest absolute Gasteiger partial charge is 0.317 e. The number of fused-ring (bicyclic) bond motifs is 1. The molecule has 1 aromatic rings. The quantitative estimate of drug-likeness (QED) is 0.726. The molecular weight excluding hydrogens is 202 g/mol. The van der Waals surface area contributed by atoms with Crippen LogP contribution in [0.3, 0.4) is 0 Å². The molecule has 2 aliphatic rings. The summed E-state index contributed by atoms with van der Waals surface area (Å²) in [5, 5.41) is 12.1. The maximum atomic E-state index is 6.17. The molecule has 0 bridgehead atoms. The van der Waals surface area contributed by atoms with Crippen molar-refractivity contribution in [1.82, 2.24) is 20.1 Å². The van der Waals surface area contributed by atoms with Gasteiger partial charge in [-0.3, -0.25) is 4.57 Å². The molecule has 5 nitrogen and oxygen atoms in total. The van der Waals surface area contributed by atoms with Gasteiger partial charge in [0, 0.05) is 12.3 Å². The summed E-state index contributed by atoms with van der Waals surface area (Å²) in [4.78, 5) is 0. The third-order valence-corrected chi connectivity index (χ3v) is 3.73. The first kappa shape index (κ1) is 10.2. The average molecular weight is 221 g/mol. The van der Waals surface area contributed by atoms with Crippen molar-refractivity contribution < 1.29 is 0 Å². The van der Waals surface area contributed by atoms with Crippen LogP contribution in [0.5, 0.6) is 0 Å². The molecule has 0 aromatic carbocycles. The fraction of sp³-hybridized carbons (Fsp3) is 0.818. The Morgan fingerprint density at radius 1 is 1.19 bits per heavy atom. The summed E-state index contributed by atoms with van der Waals surface area (Å²) in [6.07, 6.45) is 5.65. The molecule has 0 saturated carbocycles. The molecule has 88 valence electrons. The van der Waals surface area contributed by atoms with E-state index in [0.29, 0.717) is 5.92 Å². The predicted molar refractivity (Wildman–Crippen MR) is 61.0 cm³/mol. The van der Waals surface area contributed by atoms with E-state index in [4.69, 9.17) is 5.73 Å². The number of hydrogen-bond donors (Lipinski definition) is 2. The molecule has 0 amide bonds. The third kappa shape index (κ3) is 1.64. The Morgan fingerprint density at radius 2 is 2.00 bits per heavy atom. The van der Waals surface area contributed by atoms with Gasteiger partial charge in [-0.15, -0.1) is 10.2 Å². The molecular formula is C11H19N5. The lowest BCUT2D eigenvalue weighted by molar-refractivity contribution is 0.366. The summed E-state index contributed by atoms with van der Waals surface area (Å²) in [6, 6.07) is 0. The Morgan fingerprint density at radius 3 is 2.81 bits per heavy atom. The molecule has 3 heterocycles. The zero-order valence-corrected chi connectivity index (χ0v) is 9.52. The Labute approximate surface area is 95.4 Å². The molecule has 1 saturated heterocycles. The summed E-state index contributed by atoms with van der Waals surface area (Å²) in [6.45, 7) is 2.17. The third-order valence-electron chi connectivity index (χ3n) is 3.73. The van der Waals surface area contributed by atoms with Crippen molar-refractivity contribution in [3.8, 4) is 0 Å². The first-order valence-corrected chi connectivity index (χ1v) is 6.26. The standard InChI is InChI=1S/C11H19N5/c12-9-2-1-3-10-14-15-11(16(9)10)8-4-6-13-7-5-8/h8-9,13H,1-7,12H2. The van der Waals surface area contributed by atoms with Gasteiger partial charge < -0.3 is 11.1 Å². The molecule has 1 fully saturated rings. The van der Waals surface area contributed by atoms with Crippen molar-refractivity contribution in [2.24, 2.45) is 5.73 Å². The topological polar surface area (TPSA) is 68.8 Å². The minimum atomic E-state index is 0.101. The van der Waals surface area contributed by atoms with Crippen LogP contribution in [0.2, 0.25) is 0 Å². The van der Waals surface area contributed by atoms with E-state index in [1.807, 2.05) is 0 Å². The van der Waals surface area contributed by atoms with Crippen LogP contribution in [0.1, 0.15) is 49.4 Å². The van der Waals surface area contributed by atoms with Crippen LogP contribution in [0, 0.1) is 0 Å². The fourth-order valence-electron chi connectivity index (χ4n) is 2.83. The highest BCUT2D eigenvalue weighted by Crippen LogP contribution is 2.29. The Hall–Kier alpha value is -0.940. The molecule has 16 heavy (non-hydrogen) atoms. The van der Waals surface area contributed by atoms with Crippen LogP contribution in [0.4, 0.5) is 0 Å². The molecule has 1 unspecified atom stereocenters. The average Bonchev–Trinajstić information content (AvgIpc) is 2.75. The number of aromatic nitrogens is 3. The number of aryl methyl sites for hydroxylation is 1. The molecule has 0 radical (unpaired) electrons. The van der Waals surface area contributed by atoms with Gasteiger partial charge in [-0.05, 0) is 38.8 Å². The van der Waals surface area contributed by atoms with Crippen molar-refractivity contribution in [2.45, 2.75) is 44.2 Å². The van der Waals surface area contributed by atoms with E-state index in [9.17, 15) is 0 Å². The first-order valence-electron chi connectivity index (χ1n) is 6.26. The zero-order chi connectivity index (χ0) is 11.0. The number of piperidine rings is 1. The van der Waals surface area contributed by atoms with Crippen LogP contribution in [-0.4, -0.2) is 27.9 Å². The highest BCUT2D eigenvalue weighted by Gasteiger charge is 2.27. The van der Waals surface area contributed by atoms with Crippen LogP contribution in [-0.2, 0) is 6.42 Å². The number of nitrogens with two attached hydrogens (primary N) is 1. The lowest BCUT2D eigenvalue weighted by atomic mass is 9.96. The van der Waals surface area contributed by atoms with E-state index in [2.05, 4.69) is 20.1 Å². The number of nitrogens with one attached hydrogen (secondary N) is 1. The zero-order valence-electron chi connectivity index (χ0n) is 9.52.